The van der Waals surface area contributed by atoms with Gasteiger partial charge in [0.2, 0.25) is 0 Å². The van der Waals surface area contributed by atoms with E-state index >= 15 is 0 Å². The van der Waals surface area contributed by atoms with Crippen molar-refractivity contribution in [3.63, 3.8) is 0 Å². The van der Waals surface area contributed by atoms with Crippen molar-refractivity contribution >= 4 is 11.8 Å². The molecule has 1 heterocycles. The molecule has 4 aromatic rings. The Hall–Kier alpha value is -2.89. The summed E-state index contributed by atoms with van der Waals surface area (Å²) in [6, 6.07) is 26.5. The van der Waals surface area contributed by atoms with Crippen LogP contribution in [0.1, 0.15) is 34.2 Å². The lowest BCUT2D eigenvalue weighted by Crippen LogP contribution is -2.07. The highest BCUT2D eigenvalue weighted by molar-refractivity contribution is 7.99. The van der Waals surface area contributed by atoms with Gasteiger partial charge in [-0.1, -0.05) is 90.1 Å². The summed E-state index contributed by atoms with van der Waals surface area (Å²) in [5.74, 6) is 1.41. The van der Waals surface area contributed by atoms with Crippen LogP contribution >= 0.6 is 11.8 Å². The van der Waals surface area contributed by atoms with Crippen LogP contribution < -0.4 is 0 Å². The number of aryl methyl sites for hydroxylation is 2. The minimum Gasteiger partial charge on any atom is -0.388 e. The second-order valence-corrected chi connectivity index (χ2v) is 8.41. The summed E-state index contributed by atoms with van der Waals surface area (Å²) in [4.78, 5) is 0. The Kier molecular flexibility index (Phi) is 6.31. The van der Waals surface area contributed by atoms with Gasteiger partial charge in [-0.05, 0) is 36.6 Å². The molecular weight excluding hydrogens is 390 g/mol. The summed E-state index contributed by atoms with van der Waals surface area (Å²) in [7, 11) is 0. The van der Waals surface area contributed by atoms with Crippen molar-refractivity contribution in [2.45, 2.75) is 31.5 Å². The molecular formula is C25H25N3OS. The fourth-order valence-corrected chi connectivity index (χ4v) is 4.44. The zero-order valence-electron chi connectivity index (χ0n) is 17.2. The molecule has 30 heavy (non-hydrogen) atoms. The lowest BCUT2D eigenvalue weighted by atomic mass is 10.1. The van der Waals surface area contributed by atoms with Gasteiger partial charge in [0.1, 0.15) is 5.82 Å². The number of rotatable bonds is 7. The smallest absolute Gasteiger partial charge is 0.195 e. The van der Waals surface area contributed by atoms with E-state index in [9.17, 15) is 5.11 Å². The molecule has 0 aliphatic rings. The number of nitrogens with zero attached hydrogens (tertiary/aromatic N) is 3. The first-order chi connectivity index (χ1) is 14.6. The Morgan fingerprint density at radius 3 is 2.30 bits per heavy atom. The molecule has 0 aliphatic heterocycles. The Bertz CT molecular complexity index is 1110. The molecule has 1 aromatic heterocycles. The minimum absolute atomic E-state index is 0.512. The quantitative estimate of drug-likeness (QED) is 0.416. The predicted molar refractivity (Wildman–Crippen MR) is 122 cm³/mol. The van der Waals surface area contributed by atoms with Crippen molar-refractivity contribution < 1.29 is 5.11 Å². The summed E-state index contributed by atoms with van der Waals surface area (Å²) in [6.07, 6.45) is 0.140. The van der Waals surface area contributed by atoms with Crippen LogP contribution in [0.3, 0.4) is 0 Å². The first-order valence-electron chi connectivity index (χ1n) is 10.0. The average Bonchev–Trinajstić information content (AvgIpc) is 3.15. The standard InChI is InChI=1S/C25H25N3OS/c1-18-13-14-22(19(2)15-18)28-24(16-20-9-5-3-6-10-20)26-27-25(28)30-17-23(29)21-11-7-4-8-12-21/h3-15,23,29H,16-17H2,1-2H3/t23-/m1/s1. The van der Waals surface area contributed by atoms with Crippen LogP contribution in [-0.2, 0) is 6.42 Å². The first kappa shape index (κ1) is 20.4. The molecule has 1 atom stereocenters. The van der Waals surface area contributed by atoms with E-state index in [4.69, 9.17) is 0 Å². The van der Waals surface area contributed by atoms with E-state index in [2.05, 4.69) is 58.9 Å². The second-order valence-electron chi connectivity index (χ2n) is 7.42. The molecule has 4 rings (SSSR count). The molecule has 5 heteroatoms. The van der Waals surface area contributed by atoms with E-state index in [1.807, 2.05) is 48.5 Å². The number of thioether (sulfide) groups is 1. The molecule has 1 N–H and O–H groups in total. The Morgan fingerprint density at radius 1 is 0.900 bits per heavy atom. The van der Waals surface area contributed by atoms with Crippen LogP contribution in [0.15, 0.2) is 84.0 Å². The van der Waals surface area contributed by atoms with Crippen LogP contribution in [0.5, 0.6) is 0 Å². The number of benzene rings is 3. The number of aromatic nitrogens is 3. The maximum atomic E-state index is 10.6. The number of hydrogen-bond acceptors (Lipinski definition) is 4. The molecule has 0 amide bonds. The zero-order valence-corrected chi connectivity index (χ0v) is 18.0. The van der Waals surface area contributed by atoms with Crippen molar-refractivity contribution in [3.8, 4) is 5.69 Å². The SMILES string of the molecule is Cc1ccc(-n2c(Cc3ccccc3)nnc2SC[C@@H](O)c2ccccc2)c(C)c1. The number of hydrogen-bond donors (Lipinski definition) is 1. The molecule has 0 unspecified atom stereocenters. The maximum absolute atomic E-state index is 10.6. The van der Waals surface area contributed by atoms with Gasteiger partial charge in [-0.25, -0.2) is 0 Å². The fraction of sp³-hybridized carbons (Fsp3) is 0.200. The Morgan fingerprint density at radius 2 is 1.60 bits per heavy atom. The van der Waals surface area contributed by atoms with Crippen molar-refractivity contribution in [1.82, 2.24) is 14.8 Å². The number of aliphatic hydroxyl groups excluding tert-OH is 1. The van der Waals surface area contributed by atoms with Crippen LogP contribution in [0, 0.1) is 13.8 Å². The van der Waals surface area contributed by atoms with Crippen LogP contribution in [0.25, 0.3) is 5.69 Å². The second kappa shape index (κ2) is 9.28. The molecule has 0 spiro atoms. The van der Waals surface area contributed by atoms with Crippen molar-refractivity contribution in [2.75, 3.05) is 5.75 Å². The molecule has 0 radical (unpaired) electrons. The van der Waals surface area contributed by atoms with Crippen molar-refractivity contribution in [3.05, 3.63) is 107 Å². The molecule has 0 aliphatic carbocycles. The molecule has 0 fully saturated rings. The van der Waals surface area contributed by atoms with Gasteiger partial charge in [0.25, 0.3) is 0 Å². The van der Waals surface area contributed by atoms with E-state index < -0.39 is 6.10 Å². The van der Waals surface area contributed by atoms with Gasteiger partial charge in [0.15, 0.2) is 5.16 Å². The first-order valence-corrected chi connectivity index (χ1v) is 11.0. The van der Waals surface area contributed by atoms with Crippen molar-refractivity contribution in [2.24, 2.45) is 0 Å². The molecule has 152 valence electrons. The normalized spacial score (nSPS) is 12.1. The van der Waals surface area contributed by atoms with E-state index in [1.165, 1.54) is 28.5 Å². The van der Waals surface area contributed by atoms with E-state index in [0.29, 0.717) is 12.2 Å². The van der Waals surface area contributed by atoms with Gasteiger partial charge in [-0.2, -0.15) is 0 Å². The summed E-state index contributed by atoms with van der Waals surface area (Å²) in [6.45, 7) is 4.21. The minimum atomic E-state index is -0.557. The third-order valence-electron chi connectivity index (χ3n) is 5.05. The highest BCUT2D eigenvalue weighted by Crippen LogP contribution is 2.29. The molecule has 0 saturated heterocycles. The van der Waals surface area contributed by atoms with Crippen LogP contribution in [0.2, 0.25) is 0 Å². The van der Waals surface area contributed by atoms with E-state index in [-0.39, 0.29) is 0 Å². The highest BCUT2D eigenvalue weighted by atomic mass is 32.2. The highest BCUT2D eigenvalue weighted by Gasteiger charge is 2.18. The Balaban J connectivity index is 1.66. The van der Waals surface area contributed by atoms with Gasteiger partial charge >= 0.3 is 0 Å². The van der Waals surface area contributed by atoms with Crippen LogP contribution in [-0.4, -0.2) is 25.6 Å². The van der Waals surface area contributed by atoms with E-state index in [1.54, 1.807) is 0 Å². The van der Waals surface area contributed by atoms with Crippen LogP contribution in [0.4, 0.5) is 0 Å². The lowest BCUT2D eigenvalue weighted by molar-refractivity contribution is 0.204. The zero-order chi connectivity index (χ0) is 20.9. The lowest BCUT2D eigenvalue weighted by Gasteiger charge is -2.15. The predicted octanol–water partition coefficient (Wildman–Crippen LogP) is 5.30. The van der Waals surface area contributed by atoms with Gasteiger partial charge in [0.05, 0.1) is 11.8 Å². The molecule has 0 bridgehead atoms. The van der Waals surface area contributed by atoms with Gasteiger partial charge in [-0.15, -0.1) is 10.2 Å². The average molecular weight is 416 g/mol. The molecule has 4 nitrogen and oxygen atoms in total. The monoisotopic (exact) mass is 415 g/mol. The largest absolute Gasteiger partial charge is 0.388 e. The molecule has 0 saturated carbocycles. The van der Waals surface area contributed by atoms with Gasteiger partial charge in [0, 0.05) is 12.2 Å². The van der Waals surface area contributed by atoms with E-state index in [0.717, 1.165) is 22.2 Å². The molecule has 3 aromatic carbocycles. The third kappa shape index (κ3) is 4.64. The van der Waals surface area contributed by atoms with Gasteiger partial charge < -0.3 is 5.11 Å². The number of aliphatic hydroxyl groups is 1. The van der Waals surface area contributed by atoms with Gasteiger partial charge in [-0.3, -0.25) is 4.57 Å². The summed E-state index contributed by atoms with van der Waals surface area (Å²) < 4.78 is 2.13. The maximum Gasteiger partial charge on any atom is 0.195 e. The topological polar surface area (TPSA) is 50.9 Å². The summed E-state index contributed by atoms with van der Waals surface area (Å²) in [5, 5.41) is 20.4. The van der Waals surface area contributed by atoms with Crippen molar-refractivity contribution in [1.29, 1.82) is 0 Å². The fourth-order valence-electron chi connectivity index (χ4n) is 3.51. The third-order valence-corrected chi connectivity index (χ3v) is 6.06. The summed E-state index contributed by atoms with van der Waals surface area (Å²) in [5.41, 5.74) is 5.58. The summed E-state index contributed by atoms with van der Waals surface area (Å²) >= 11 is 1.53. The Labute approximate surface area is 181 Å².